The lowest BCUT2D eigenvalue weighted by Crippen LogP contribution is -2.47. The van der Waals surface area contributed by atoms with Gasteiger partial charge in [0.05, 0.1) is 16.3 Å². The summed E-state index contributed by atoms with van der Waals surface area (Å²) < 4.78 is 53.6. The SMILES string of the molecule is CNc1nc(-c2ccc(F)c(Cl)c2)cc(N2CCN(c3ncccc3C(F)(F)F)CC2)n1. The van der Waals surface area contributed by atoms with Crippen molar-refractivity contribution in [1.82, 2.24) is 15.0 Å². The van der Waals surface area contributed by atoms with Crippen LogP contribution in [0.2, 0.25) is 5.02 Å². The molecule has 0 amide bonds. The van der Waals surface area contributed by atoms with Crippen molar-refractivity contribution in [2.24, 2.45) is 0 Å². The van der Waals surface area contributed by atoms with E-state index in [9.17, 15) is 17.6 Å². The molecule has 0 saturated carbocycles. The Kier molecular flexibility index (Phi) is 6.05. The van der Waals surface area contributed by atoms with E-state index in [2.05, 4.69) is 20.3 Å². The summed E-state index contributed by atoms with van der Waals surface area (Å²) in [6.07, 6.45) is -3.11. The molecule has 32 heavy (non-hydrogen) atoms. The topological polar surface area (TPSA) is 57.2 Å². The van der Waals surface area contributed by atoms with Gasteiger partial charge in [0.1, 0.15) is 17.5 Å². The standard InChI is InChI=1S/C21H19ClF4N6/c1-27-20-29-17(13-4-5-16(23)15(22)11-13)12-18(30-20)31-7-9-32(10-8-31)19-14(21(24,25)26)3-2-6-28-19/h2-6,11-12H,7-10H2,1H3,(H,27,29,30). The molecule has 2 aromatic heterocycles. The maximum Gasteiger partial charge on any atom is 0.419 e. The van der Waals surface area contributed by atoms with Gasteiger partial charge in [-0.05, 0) is 30.3 Å². The molecular weight excluding hydrogens is 448 g/mol. The number of pyridine rings is 1. The second kappa shape index (κ2) is 8.78. The van der Waals surface area contributed by atoms with E-state index in [4.69, 9.17) is 11.6 Å². The average Bonchev–Trinajstić information content (AvgIpc) is 2.80. The average molecular weight is 467 g/mol. The van der Waals surface area contributed by atoms with Crippen LogP contribution in [0.1, 0.15) is 5.56 Å². The number of benzene rings is 1. The molecule has 0 spiro atoms. The van der Waals surface area contributed by atoms with Crippen molar-refractivity contribution in [3.8, 4) is 11.3 Å². The van der Waals surface area contributed by atoms with Gasteiger partial charge >= 0.3 is 6.18 Å². The molecule has 6 nitrogen and oxygen atoms in total. The van der Waals surface area contributed by atoms with E-state index in [1.54, 1.807) is 24.1 Å². The van der Waals surface area contributed by atoms with E-state index < -0.39 is 17.6 Å². The van der Waals surface area contributed by atoms with Crippen molar-refractivity contribution in [2.75, 3.05) is 48.3 Å². The number of piperazine rings is 1. The zero-order valence-corrected chi connectivity index (χ0v) is 17.8. The fourth-order valence-electron chi connectivity index (χ4n) is 3.53. The lowest BCUT2D eigenvalue weighted by Gasteiger charge is -2.37. The van der Waals surface area contributed by atoms with Crippen molar-refractivity contribution >= 4 is 29.2 Å². The Morgan fingerprint density at radius 1 is 1.00 bits per heavy atom. The lowest BCUT2D eigenvalue weighted by molar-refractivity contribution is -0.137. The highest BCUT2D eigenvalue weighted by molar-refractivity contribution is 6.31. The Bertz CT molecular complexity index is 1120. The highest BCUT2D eigenvalue weighted by atomic mass is 35.5. The number of anilines is 3. The van der Waals surface area contributed by atoms with Gasteiger partial charge in [0.15, 0.2) is 0 Å². The van der Waals surface area contributed by atoms with Gasteiger partial charge in [-0.3, -0.25) is 0 Å². The quantitative estimate of drug-likeness (QED) is 0.562. The van der Waals surface area contributed by atoms with Gasteiger partial charge in [0.25, 0.3) is 0 Å². The number of halogens is 5. The highest BCUT2D eigenvalue weighted by Gasteiger charge is 2.36. The van der Waals surface area contributed by atoms with E-state index in [1.807, 2.05) is 4.90 Å². The molecule has 1 aromatic carbocycles. The number of hydrogen-bond donors (Lipinski definition) is 1. The molecule has 1 aliphatic heterocycles. The van der Waals surface area contributed by atoms with E-state index in [0.717, 1.165) is 6.07 Å². The molecular formula is C21H19ClF4N6. The Morgan fingerprint density at radius 2 is 1.72 bits per heavy atom. The first kappa shape index (κ1) is 22.1. The van der Waals surface area contributed by atoms with Crippen molar-refractivity contribution in [1.29, 1.82) is 0 Å². The summed E-state index contributed by atoms with van der Waals surface area (Å²) >= 11 is 5.91. The summed E-state index contributed by atoms with van der Waals surface area (Å²) in [4.78, 5) is 16.5. The van der Waals surface area contributed by atoms with E-state index in [1.165, 1.54) is 24.4 Å². The molecule has 4 rings (SSSR count). The van der Waals surface area contributed by atoms with Crippen LogP contribution in [0.3, 0.4) is 0 Å². The molecule has 0 radical (unpaired) electrons. The number of alkyl halides is 3. The van der Waals surface area contributed by atoms with Crippen LogP contribution in [-0.2, 0) is 6.18 Å². The number of nitrogens with one attached hydrogen (secondary N) is 1. The smallest absolute Gasteiger partial charge is 0.357 e. The third kappa shape index (κ3) is 4.55. The van der Waals surface area contributed by atoms with Crippen LogP contribution >= 0.6 is 11.6 Å². The lowest BCUT2D eigenvalue weighted by atomic mass is 10.1. The highest BCUT2D eigenvalue weighted by Crippen LogP contribution is 2.35. The van der Waals surface area contributed by atoms with Gasteiger partial charge in [-0.2, -0.15) is 18.2 Å². The molecule has 0 aliphatic carbocycles. The molecule has 0 unspecified atom stereocenters. The zero-order chi connectivity index (χ0) is 22.9. The number of hydrogen-bond acceptors (Lipinski definition) is 6. The van der Waals surface area contributed by atoms with Gasteiger partial charge in [0.2, 0.25) is 5.95 Å². The number of aromatic nitrogens is 3. The number of rotatable bonds is 4. The first-order valence-electron chi connectivity index (χ1n) is 9.80. The minimum atomic E-state index is -4.47. The van der Waals surface area contributed by atoms with E-state index >= 15 is 0 Å². The van der Waals surface area contributed by atoms with Crippen LogP contribution in [0.15, 0.2) is 42.6 Å². The van der Waals surface area contributed by atoms with Crippen LogP contribution < -0.4 is 15.1 Å². The number of nitrogens with zero attached hydrogens (tertiary/aromatic N) is 5. The molecule has 11 heteroatoms. The monoisotopic (exact) mass is 466 g/mol. The molecule has 3 aromatic rings. The van der Waals surface area contributed by atoms with E-state index in [-0.39, 0.29) is 10.8 Å². The molecule has 3 heterocycles. The molecule has 0 bridgehead atoms. The molecule has 1 saturated heterocycles. The zero-order valence-electron chi connectivity index (χ0n) is 17.0. The summed E-state index contributed by atoms with van der Waals surface area (Å²) in [6, 6.07) is 8.40. The molecule has 0 atom stereocenters. The maximum atomic E-state index is 13.5. The predicted molar refractivity (Wildman–Crippen MR) is 116 cm³/mol. The fourth-order valence-corrected chi connectivity index (χ4v) is 3.71. The Labute approximate surface area is 186 Å². The summed E-state index contributed by atoms with van der Waals surface area (Å²) in [6.45, 7) is 1.57. The van der Waals surface area contributed by atoms with Gasteiger partial charge in [-0.25, -0.2) is 14.4 Å². The maximum absolute atomic E-state index is 13.5. The van der Waals surface area contributed by atoms with Crippen molar-refractivity contribution < 1.29 is 17.6 Å². The third-order valence-corrected chi connectivity index (χ3v) is 5.44. The van der Waals surface area contributed by atoms with E-state index in [0.29, 0.717) is 49.2 Å². The summed E-state index contributed by atoms with van der Waals surface area (Å²) in [7, 11) is 1.68. The molecule has 1 aliphatic rings. The molecule has 1 fully saturated rings. The summed E-state index contributed by atoms with van der Waals surface area (Å²) in [5.74, 6) is 0.378. The van der Waals surface area contributed by atoms with Gasteiger partial charge in [-0.1, -0.05) is 11.6 Å². The van der Waals surface area contributed by atoms with Gasteiger partial charge < -0.3 is 15.1 Å². The van der Waals surface area contributed by atoms with Crippen molar-refractivity contribution in [3.63, 3.8) is 0 Å². The second-order valence-electron chi connectivity index (χ2n) is 7.16. The minimum Gasteiger partial charge on any atom is -0.357 e. The third-order valence-electron chi connectivity index (χ3n) is 5.15. The summed E-state index contributed by atoms with van der Waals surface area (Å²) in [5.41, 5.74) is 0.426. The van der Waals surface area contributed by atoms with Crippen molar-refractivity contribution in [2.45, 2.75) is 6.18 Å². The van der Waals surface area contributed by atoms with Crippen LogP contribution in [0.25, 0.3) is 11.3 Å². The fraction of sp³-hybridized carbons (Fsp3) is 0.286. The minimum absolute atomic E-state index is 0.0156. The van der Waals surface area contributed by atoms with Crippen LogP contribution in [0.4, 0.5) is 35.1 Å². The molecule has 168 valence electrons. The van der Waals surface area contributed by atoms with Gasteiger partial charge in [-0.15, -0.1) is 0 Å². The Morgan fingerprint density at radius 3 is 2.38 bits per heavy atom. The van der Waals surface area contributed by atoms with Crippen LogP contribution in [0, 0.1) is 5.82 Å². The van der Waals surface area contributed by atoms with Crippen molar-refractivity contribution in [3.05, 3.63) is 59.0 Å². The normalized spacial score (nSPS) is 14.6. The molecule has 1 N–H and O–H groups in total. The largest absolute Gasteiger partial charge is 0.419 e. The Balaban J connectivity index is 1.57. The first-order valence-corrected chi connectivity index (χ1v) is 10.2. The Hall–Kier alpha value is -3.14. The second-order valence-corrected chi connectivity index (χ2v) is 7.57. The first-order chi connectivity index (χ1) is 15.3. The summed E-state index contributed by atoms with van der Waals surface area (Å²) in [5, 5.41) is 2.88. The van der Waals surface area contributed by atoms with Gasteiger partial charge in [0, 0.05) is 51.1 Å². The van der Waals surface area contributed by atoms with Crippen LogP contribution in [0.5, 0.6) is 0 Å². The van der Waals surface area contributed by atoms with Crippen LogP contribution in [-0.4, -0.2) is 48.2 Å². The predicted octanol–water partition coefficient (Wildman–Crippen LogP) is 4.72.